The maximum atomic E-state index is 13.0. The number of carboxylic acids is 2. The average Bonchev–Trinajstić information content (AvgIpc) is 3.02. The fourth-order valence-electron chi connectivity index (χ4n) is 4.08. The monoisotopic (exact) mass is 396 g/mol. The third kappa shape index (κ3) is 2.59. The molecule has 4 atom stereocenters. The van der Waals surface area contributed by atoms with Crippen molar-refractivity contribution in [2.24, 2.45) is 17.8 Å². The largest absolute Gasteiger partial charge is 0.481 e. The molecule has 1 aromatic carbocycles. The second kappa shape index (κ2) is 5.51. The summed E-state index contributed by atoms with van der Waals surface area (Å²) in [6.07, 6.45) is -4.89. The molecule has 0 spiro atoms. The van der Waals surface area contributed by atoms with Crippen LogP contribution in [0.25, 0.3) is 0 Å². The van der Waals surface area contributed by atoms with Gasteiger partial charge in [0.15, 0.2) is 0 Å². The fourth-order valence-corrected chi connectivity index (χ4v) is 5.16. The normalized spacial score (nSPS) is 33.4. The van der Waals surface area contributed by atoms with Gasteiger partial charge in [-0.1, -0.05) is 18.2 Å². The van der Waals surface area contributed by atoms with Crippen LogP contribution in [0, 0.1) is 17.8 Å². The van der Waals surface area contributed by atoms with Crippen LogP contribution in [0.4, 0.5) is 13.2 Å². The summed E-state index contributed by atoms with van der Waals surface area (Å²) < 4.78 is 37.5. The predicted molar refractivity (Wildman–Crippen MR) is 82.5 cm³/mol. The van der Waals surface area contributed by atoms with E-state index in [1.807, 2.05) is 0 Å². The molecular formula is C16H13Cl2F3O4. The summed E-state index contributed by atoms with van der Waals surface area (Å²) in [5, 5.41) is 18.7. The van der Waals surface area contributed by atoms with Crippen LogP contribution in [-0.4, -0.2) is 26.5 Å². The molecule has 9 heteroatoms. The van der Waals surface area contributed by atoms with Crippen LogP contribution in [0.5, 0.6) is 0 Å². The molecule has 0 bridgehead atoms. The second-order valence-electron chi connectivity index (χ2n) is 6.55. The van der Waals surface area contributed by atoms with Crippen molar-refractivity contribution in [1.82, 2.24) is 0 Å². The SMILES string of the molecule is O=C(O)C1C[C@@]2(c3cccc(C(F)(F)F)c3)C(C[C@@H]1C(=O)O)C2(Cl)Cl. The quantitative estimate of drug-likeness (QED) is 0.758. The van der Waals surface area contributed by atoms with E-state index >= 15 is 0 Å². The number of alkyl halides is 5. The Bertz CT molecular complexity index is 749. The van der Waals surface area contributed by atoms with Crippen molar-refractivity contribution in [2.75, 3.05) is 0 Å². The molecule has 0 saturated heterocycles. The fraction of sp³-hybridized carbons (Fsp3) is 0.500. The van der Waals surface area contributed by atoms with Gasteiger partial charge in [0.1, 0.15) is 4.33 Å². The minimum atomic E-state index is -4.57. The van der Waals surface area contributed by atoms with Crippen molar-refractivity contribution in [3.63, 3.8) is 0 Å². The number of hydrogen-bond acceptors (Lipinski definition) is 2. The van der Waals surface area contributed by atoms with Crippen LogP contribution in [0.15, 0.2) is 24.3 Å². The van der Waals surface area contributed by atoms with Crippen molar-refractivity contribution in [2.45, 2.75) is 28.8 Å². The van der Waals surface area contributed by atoms with Crippen molar-refractivity contribution >= 4 is 35.1 Å². The van der Waals surface area contributed by atoms with Gasteiger partial charge in [0, 0.05) is 11.3 Å². The maximum Gasteiger partial charge on any atom is 0.416 e. The van der Waals surface area contributed by atoms with Gasteiger partial charge in [0.25, 0.3) is 0 Å². The summed E-state index contributed by atoms with van der Waals surface area (Å²) in [5.74, 6) is -5.68. The number of halogens is 5. The molecule has 0 heterocycles. The highest BCUT2D eigenvalue weighted by Gasteiger charge is 2.79. The molecule has 2 saturated carbocycles. The number of carboxylic acid groups (broad SMARTS) is 2. The first kappa shape index (κ1) is 18.3. The van der Waals surface area contributed by atoms with E-state index < -0.39 is 51.2 Å². The van der Waals surface area contributed by atoms with Crippen LogP contribution in [0.3, 0.4) is 0 Å². The summed E-state index contributed by atoms with van der Waals surface area (Å²) in [6, 6.07) is 4.46. The van der Waals surface area contributed by atoms with E-state index in [0.29, 0.717) is 0 Å². The van der Waals surface area contributed by atoms with E-state index in [0.717, 1.165) is 12.1 Å². The Balaban J connectivity index is 2.06. The average molecular weight is 397 g/mol. The van der Waals surface area contributed by atoms with Crippen molar-refractivity contribution in [3.8, 4) is 0 Å². The summed E-state index contributed by atoms with van der Waals surface area (Å²) >= 11 is 12.6. The number of benzene rings is 1. The lowest BCUT2D eigenvalue weighted by atomic mass is 9.71. The lowest BCUT2D eigenvalue weighted by molar-refractivity contribution is -0.156. The van der Waals surface area contributed by atoms with Gasteiger partial charge in [-0.15, -0.1) is 23.2 Å². The van der Waals surface area contributed by atoms with Gasteiger partial charge in [-0.2, -0.15) is 13.2 Å². The molecule has 136 valence electrons. The van der Waals surface area contributed by atoms with E-state index in [4.69, 9.17) is 23.2 Å². The van der Waals surface area contributed by atoms with Gasteiger partial charge >= 0.3 is 18.1 Å². The van der Waals surface area contributed by atoms with Crippen molar-refractivity contribution in [1.29, 1.82) is 0 Å². The summed E-state index contributed by atoms with van der Waals surface area (Å²) in [6.45, 7) is 0. The third-order valence-electron chi connectivity index (χ3n) is 5.40. The van der Waals surface area contributed by atoms with E-state index in [1.54, 1.807) is 0 Å². The minimum absolute atomic E-state index is 0.102. The Hall–Kier alpha value is -1.47. The molecule has 2 unspecified atom stereocenters. The lowest BCUT2D eigenvalue weighted by Crippen LogP contribution is -2.38. The summed E-state index contributed by atoms with van der Waals surface area (Å²) in [7, 11) is 0. The molecule has 4 nitrogen and oxygen atoms in total. The van der Waals surface area contributed by atoms with Gasteiger partial charge < -0.3 is 10.2 Å². The van der Waals surface area contributed by atoms with E-state index in [1.165, 1.54) is 12.1 Å². The Kier molecular flexibility index (Phi) is 4.04. The highest BCUT2D eigenvalue weighted by Crippen LogP contribution is 2.76. The van der Waals surface area contributed by atoms with Crippen LogP contribution in [-0.2, 0) is 21.2 Å². The Morgan fingerprint density at radius 3 is 2.24 bits per heavy atom. The first-order chi connectivity index (χ1) is 11.4. The van der Waals surface area contributed by atoms with Crippen molar-refractivity contribution < 1.29 is 33.0 Å². The zero-order valence-corrected chi connectivity index (χ0v) is 14.1. The molecule has 25 heavy (non-hydrogen) atoms. The number of aliphatic carboxylic acids is 2. The molecule has 0 aromatic heterocycles. The van der Waals surface area contributed by atoms with Crippen LogP contribution in [0.2, 0.25) is 0 Å². The van der Waals surface area contributed by atoms with Gasteiger partial charge in [-0.25, -0.2) is 0 Å². The molecule has 2 aliphatic rings. The molecule has 3 rings (SSSR count). The second-order valence-corrected chi connectivity index (χ2v) is 7.94. The summed E-state index contributed by atoms with van der Waals surface area (Å²) in [5.41, 5.74) is -1.90. The topological polar surface area (TPSA) is 74.6 Å². The number of carbonyl (C=O) groups is 2. The molecule has 0 radical (unpaired) electrons. The van der Waals surface area contributed by atoms with Gasteiger partial charge in [-0.05, 0) is 24.5 Å². The van der Waals surface area contributed by atoms with E-state index in [-0.39, 0.29) is 18.4 Å². The van der Waals surface area contributed by atoms with Gasteiger partial charge in [-0.3, -0.25) is 9.59 Å². The first-order valence-corrected chi connectivity index (χ1v) is 8.19. The van der Waals surface area contributed by atoms with Crippen molar-refractivity contribution in [3.05, 3.63) is 35.4 Å². The first-order valence-electron chi connectivity index (χ1n) is 7.44. The standard InChI is InChI=1S/C16H13Cl2F3O4/c17-15(18)11-5-9(12(22)23)10(13(24)25)6-14(11,15)7-2-1-3-8(4-7)16(19,20)21/h1-4,9-11H,5-6H2,(H,22,23)(H,24,25)/t9-,10?,11?,14+/m0/s1. The molecule has 0 aliphatic heterocycles. The number of fused-ring (bicyclic) bond motifs is 1. The van der Waals surface area contributed by atoms with Crippen LogP contribution in [0.1, 0.15) is 24.0 Å². The third-order valence-corrected chi connectivity index (χ3v) is 6.60. The van der Waals surface area contributed by atoms with Crippen LogP contribution >= 0.6 is 23.2 Å². The lowest BCUT2D eigenvalue weighted by Gasteiger charge is -2.31. The predicted octanol–water partition coefficient (Wildman–Crippen LogP) is 3.94. The molecule has 2 fully saturated rings. The Labute approximate surface area is 150 Å². The molecule has 2 N–H and O–H groups in total. The molecule has 0 amide bonds. The highest BCUT2D eigenvalue weighted by molar-refractivity contribution is 6.52. The van der Waals surface area contributed by atoms with Gasteiger partial charge in [0.05, 0.1) is 17.4 Å². The Morgan fingerprint density at radius 2 is 1.72 bits per heavy atom. The number of hydrogen-bond donors (Lipinski definition) is 2. The van der Waals surface area contributed by atoms with E-state index in [9.17, 15) is 33.0 Å². The minimum Gasteiger partial charge on any atom is -0.481 e. The summed E-state index contributed by atoms with van der Waals surface area (Å²) in [4.78, 5) is 22.9. The van der Waals surface area contributed by atoms with Gasteiger partial charge in [0.2, 0.25) is 0 Å². The maximum absolute atomic E-state index is 13.0. The van der Waals surface area contributed by atoms with Crippen LogP contribution < -0.4 is 0 Å². The Morgan fingerprint density at radius 1 is 1.12 bits per heavy atom. The zero-order chi connectivity index (χ0) is 18.8. The molecule has 2 aliphatic carbocycles. The molecular weight excluding hydrogens is 384 g/mol. The smallest absolute Gasteiger partial charge is 0.416 e. The van der Waals surface area contributed by atoms with E-state index in [2.05, 4.69) is 0 Å². The highest BCUT2D eigenvalue weighted by atomic mass is 35.5. The molecule has 1 aromatic rings. The number of rotatable bonds is 3. The zero-order valence-electron chi connectivity index (χ0n) is 12.6.